The van der Waals surface area contributed by atoms with Gasteiger partial charge in [-0.25, -0.2) is 14.7 Å². The maximum absolute atomic E-state index is 12.6. The van der Waals surface area contributed by atoms with Gasteiger partial charge in [0.15, 0.2) is 0 Å². The number of hydrogen-bond donors (Lipinski definition) is 2. The largest absolute Gasteiger partial charge is 0.467 e. The number of amides is 2. The monoisotopic (exact) mass is 436 g/mol. The van der Waals surface area contributed by atoms with E-state index in [0.29, 0.717) is 17.9 Å². The highest BCUT2D eigenvalue weighted by molar-refractivity contribution is 8.09. The molecule has 1 unspecified atom stereocenters. The lowest BCUT2D eigenvalue weighted by atomic mass is 10.0. The molecule has 0 bridgehead atoms. The minimum absolute atomic E-state index is 0.170. The molecule has 0 heterocycles. The molecule has 0 aromatic heterocycles. The van der Waals surface area contributed by atoms with Gasteiger partial charge in [0.2, 0.25) is 0 Å². The van der Waals surface area contributed by atoms with Crippen LogP contribution in [-0.2, 0) is 21.3 Å². The van der Waals surface area contributed by atoms with Crippen LogP contribution in [-0.4, -0.2) is 25.2 Å². The number of benzene rings is 2. The van der Waals surface area contributed by atoms with E-state index in [1.165, 1.54) is 7.11 Å². The van der Waals surface area contributed by atoms with Crippen LogP contribution >= 0.6 is 6.64 Å². The first-order valence-electron chi connectivity index (χ1n) is 9.07. The number of ether oxygens (including phenoxy) is 1. The maximum Gasteiger partial charge on any atom is 0.396 e. The molecule has 2 N–H and O–H groups in total. The Kier molecular flexibility index (Phi) is 8.49. The quantitative estimate of drug-likeness (QED) is 0.451. The van der Waals surface area contributed by atoms with Crippen LogP contribution < -0.4 is 19.5 Å². The molecule has 0 aliphatic carbocycles. The summed E-state index contributed by atoms with van der Waals surface area (Å²) in [7, 11) is 1.27. The first-order valence-corrected chi connectivity index (χ1v) is 11.7. The number of methoxy groups -OCH3 is 1. The number of hydrogen-bond acceptors (Lipinski definition) is 6. The fourth-order valence-corrected chi connectivity index (χ4v) is 4.45. The van der Waals surface area contributed by atoms with E-state index >= 15 is 0 Å². The molecule has 7 nitrogen and oxygen atoms in total. The molecular formula is C20H25N2O5PS. The summed E-state index contributed by atoms with van der Waals surface area (Å²) < 4.78 is 16.5. The predicted octanol–water partition coefficient (Wildman–Crippen LogP) is 4.26. The Morgan fingerprint density at radius 1 is 0.966 bits per heavy atom. The second-order valence-corrected chi connectivity index (χ2v) is 9.62. The second-order valence-electron chi connectivity index (χ2n) is 6.60. The number of carbonyl (C=O) groups is 2. The van der Waals surface area contributed by atoms with E-state index in [2.05, 4.69) is 10.4 Å². The summed E-state index contributed by atoms with van der Waals surface area (Å²) in [5, 5.41) is 5.20. The van der Waals surface area contributed by atoms with E-state index in [1.54, 1.807) is 48.5 Å². The molecule has 0 aliphatic rings. The van der Waals surface area contributed by atoms with Gasteiger partial charge in [-0.15, -0.1) is 0 Å². The molecule has 2 rings (SSSR count). The molecule has 9 heteroatoms. The fourth-order valence-electron chi connectivity index (χ4n) is 2.45. The molecule has 0 saturated carbocycles. The Labute approximate surface area is 176 Å². The van der Waals surface area contributed by atoms with Gasteiger partial charge in [0.1, 0.15) is 17.5 Å². The van der Waals surface area contributed by atoms with E-state index in [4.69, 9.17) is 25.6 Å². The van der Waals surface area contributed by atoms with Crippen LogP contribution in [0.25, 0.3) is 0 Å². The molecule has 0 aliphatic heterocycles. The van der Waals surface area contributed by atoms with Crippen molar-refractivity contribution in [2.45, 2.75) is 26.3 Å². The Hall–Kier alpha value is -2.57. The van der Waals surface area contributed by atoms with Crippen LogP contribution in [0.2, 0.25) is 0 Å². The number of esters is 1. The minimum atomic E-state index is -3.33. The van der Waals surface area contributed by atoms with Gasteiger partial charge in [0.25, 0.3) is 0 Å². The number of nitrogens with one attached hydrogen (secondary N) is 2. The third-order valence-electron chi connectivity index (χ3n) is 3.67. The van der Waals surface area contributed by atoms with Gasteiger partial charge in [0, 0.05) is 11.8 Å². The molecule has 0 saturated heterocycles. The maximum atomic E-state index is 12.6. The lowest BCUT2D eigenvalue weighted by Gasteiger charge is -2.25. The summed E-state index contributed by atoms with van der Waals surface area (Å²) in [6.07, 6.45) is 0.419. The summed E-state index contributed by atoms with van der Waals surface area (Å²) in [6, 6.07) is 16.2. The molecule has 0 fully saturated rings. The SMILES string of the molecule is COC(=O)C(CC(C)C)NC(=O)NP(=S)(Oc1ccccc1)Oc1ccccc1. The van der Waals surface area contributed by atoms with E-state index in [0.717, 1.165) is 0 Å². The first-order chi connectivity index (χ1) is 13.8. The summed E-state index contributed by atoms with van der Waals surface area (Å²) in [4.78, 5) is 24.6. The molecule has 0 spiro atoms. The third-order valence-corrected chi connectivity index (χ3v) is 5.77. The van der Waals surface area contributed by atoms with E-state index < -0.39 is 24.7 Å². The zero-order chi connectivity index (χ0) is 21.3. The fraction of sp³-hybridized carbons (Fsp3) is 0.300. The summed E-state index contributed by atoms with van der Waals surface area (Å²) in [6.45, 7) is 0.554. The first kappa shape index (κ1) is 22.7. The van der Waals surface area contributed by atoms with Crippen LogP contribution in [0.15, 0.2) is 60.7 Å². The topological polar surface area (TPSA) is 85.9 Å². The van der Waals surface area contributed by atoms with Crippen LogP contribution in [0.5, 0.6) is 11.5 Å². The van der Waals surface area contributed by atoms with Gasteiger partial charge in [0.05, 0.1) is 7.11 Å². The van der Waals surface area contributed by atoms with Crippen molar-refractivity contribution < 1.29 is 23.4 Å². The number of urea groups is 1. The van der Waals surface area contributed by atoms with Crippen LogP contribution in [0.3, 0.4) is 0 Å². The number of carbonyl (C=O) groups excluding carboxylic acids is 2. The molecule has 2 aromatic rings. The van der Waals surface area contributed by atoms with Gasteiger partial charge in [-0.3, -0.25) is 0 Å². The average Bonchev–Trinajstić information content (AvgIpc) is 2.67. The van der Waals surface area contributed by atoms with Crippen molar-refractivity contribution in [3.8, 4) is 11.5 Å². The second kappa shape index (κ2) is 10.8. The van der Waals surface area contributed by atoms with Crippen molar-refractivity contribution in [3.05, 3.63) is 60.7 Å². The normalized spacial score (nSPS) is 12.0. The molecule has 1 atom stereocenters. The van der Waals surface area contributed by atoms with Gasteiger partial charge in [-0.05, 0) is 36.6 Å². The molecule has 2 aromatic carbocycles. The Morgan fingerprint density at radius 2 is 1.45 bits per heavy atom. The van der Waals surface area contributed by atoms with Crippen molar-refractivity contribution in [2.75, 3.05) is 7.11 Å². The van der Waals surface area contributed by atoms with E-state index in [-0.39, 0.29) is 5.92 Å². The standard InChI is InChI=1S/C20H25N2O5PS/c1-15(2)14-18(19(23)25-3)21-20(24)22-28(29,26-16-10-6-4-7-11-16)27-17-12-8-5-9-13-17/h4-13,15,18H,14H2,1-3H3,(H2,21,22,24,29). The lowest BCUT2D eigenvalue weighted by Crippen LogP contribution is -2.46. The van der Waals surface area contributed by atoms with Crippen molar-refractivity contribution >= 4 is 30.4 Å². The van der Waals surface area contributed by atoms with Crippen LogP contribution in [0.1, 0.15) is 20.3 Å². The number of rotatable bonds is 9. The Morgan fingerprint density at radius 3 is 1.86 bits per heavy atom. The molecule has 0 radical (unpaired) electrons. The van der Waals surface area contributed by atoms with Crippen LogP contribution in [0.4, 0.5) is 4.79 Å². The van der Waals surface area contributed by atoms with Gasteiger partial charge < -0.3 is 19.1 Å². The Balaban J connectivity index is 2.18. The summed E-state index contributed by atoms with van der Waals surface area (Å²) in [5.41, 5.74) is 0. The minimum Gasteiger partial charge on any atom is -0.467 e. The van der Waals surface area contributed by atoms with Gasteiger partial charge >= 0.3 is 18.6 Å². The molecular weight excluding hydrogens is 411 g/mol. The average molecular weight is 436 g/mol. The molecule has 156 valence electrons. The third kappa shape index (κ3) is 7.75. The zero-order valence-corrected chi connectivity index (χ0v) is 18.2. The predicted molar refractivity (Wildman–Crippen MR) is 115 cm³/mol. The van der Waals surface area contributed by atoms with E-state index in [1.807, 2.05) is 26.0 Å². The molecule has 2 amide bonds. The highest BCUT2D eigenvalue weighted by Crippen LogP contribution is 2.45. The van der Waals surface area contributed by atoms with Crippen molar-refractivity contribution in [2.24, 2.45) is 5.92 Å². The highest BCUT2D eigenvalue weighted by atomic mass is 32.5. The van der Waals surface area contributed by atoms with Crippen molar-refractivity contribution in [1.29, 1.82) is 0 Å². The number of para-hydroxylation sites is 2. The van der Waals surface area contributed by atoms with Crippen molar-refractivity contribution in [1.82, 2.24) is 10.4 Å². The van der Waals surface area contributed by atoms with Gasteiger partial charge in [-0.1, -0.05) is 50.2 Å². The highest BCUT2D eigenvalue weighted by Gasteiger charge is 2.29. The van der Waals surface area contributed by atoms with Crippen LogP contribution in [0, 0.1) is 5.92 Å². The van der Waals surface area contributed by atoms with Gasteiger partial charge in [-0.2, -0.15) is 0 Å². The van der Waals surface area contributed by atoms with Crippen molar-refractivity contribution in [3.63, 3.8) is 0 Å². The smallest absolute Gasteiger partial charge is 0.396 e. The summed E-state index contributed by atoms with van der Waals surface area (Å²) >= 11 is 5.56. The lowest BCUT2D eigenvalue weighted by molar-refractivity contribution is -0.143. The zero-order valence-electron chi connectivity index (χ0n) is 16.5. The van der Waals surface area contributed by atoms with E-state index in [9.17, 15) is 9.59 Å². The Bertz CT molecular complexity index is 803. The molecule has 29 heavy (non-hydrogen) atoms. The summed E-state index contributed by atoms with van der Waals surface area (Å²) in [5.74, 6) is 0.552.